The second kappa shape index (κ2) is 6.58. The maximum Gasteiger partial charge on any atom is 0.254 e. The molecule has 0 radical (unpaired) electrons. The van der Waals surface area contributed by atoms with Crippen LogP contribution in [0.4, 0.5) is 0 Å². The first-order valence-corrected chi connectivity index (χ1v) is 6.27. The zero-order valence-electron chi connectivity index (χ0n) is 10.8. The van der Waals surface area contributed by atoms with Crippen molar-refractivity contribution in [2.75, 3.05) is 6.54 Å². The van der Waals surface area contributed by atoms with E-state index in [1.807, 2.05) is 19.1 Å². The second-order valence-corrected chi connectivity index (χ2v) is 4.11. The maximum absolute atomic E-state index is 11.8. The summed E-state index contributed by atoms with van der Waals surface area (Å²) in [6, 6.07) is 3.87. The topological polar surface area (TPSA) is 67.8 Å². The molecule has 2 heterocycles. The predicted molar refractivity (Wildman–Crippen MR) is 71.7 cm³/mol. The third kappa shape index (κ3) is 3.84. The molecule has 19 heavy (non-hydrogen) atoms. The summed E-state index contributed by atoms with van der Waals surface area (Å²) < 4.78 is 0. The predicted octanol–water partition coefficient (Wildman–Crippen LogP) is 1.41. The molecule has 2 aromatic rings. The summed E-state index contributed by atoms with van der Waals surface area (Å²) in [5, 5.41) is 2.84. The van der Waals surface area contributed by atoms with E-state index in [9.17, 15) is 4.79 Å². The minimum atomic E-state index is -0.147. The molecular formula is C14H16N4O. The lowest BCUT2D eigenvalue weighted by molar-refractivity contribution is 0.0953. The van der Waals surface area contributed by atoms with Crippen molar-refractivity contribution in [3.05, 3.63) is 53.9 Å². The molecule has 1 amide bonds. The van der Waals surface area contributed by atoms with E-state index in [4.69, 9.17) is 0 Å². The van der Waals surface area contributed by atoms with Gasteiger partial charge in [-0.2, -0.15) is 0 Å². The van der Waals surface area contributed by atoms with Crippen molar-refractivity contribution in [3.8, 4) is 0 Å². The van der Waals surface area contributed by atoms with Gasteiger partial charge in [0.15, 0.2) is 0 Å². The smallest absolute Gasteiger partial charge is 0.254 e. The molecule has 98 valence electrons. The van der Waals surface area contributed by atoms with Crippen molar-refractivity contribution in [3.63, 3.8) is 0 Å². The van der Waals surface area contributed by atoms with Gasteiger partial charge in [-0.3, -0.25) is 9.78 Å². The first-order chi connectivity index (χ1) is 9.29. The Bertz CT molecular complexity index is 525. The Kier molecular flexibility index (Phi) is 4.55. The Morgan fingerprint density at radius 3 is 2.68 bits per heavy atom. The van der Waals surface area contributed by atoms with Crippen LogP contribution in [0.25, 0.3) is 0 Å². The van der Waals surface area contributed by atoms with Crippen LogP contribution in [0.2, 0.25) is 0 Å². The number of hydrogen-bond acceptors (Lipinski definition) is 4. The van der Waals surface area contributed by atoms with E-state index >= 15 is 0 Å². The number of nitrogens with one attached hydrogen (secondary N) is 1. The highest BCUT2D eigenvalue weighted by atomic mass is 16.1. The van der Waals surface area contributed by atoms with E-state index in [-0.39, 0.29) is 5.91 Å². The summed E-state index contributed by atoms with van der Waals surface area (Å²) in [7, 11) is 0. The first kappa shape index (κ1) is 13.1. The Morgan fingerprint density at radius 1 is 1.26 bits per heavy atom. The van der Waals surface area contributed by atoms with E-state index in [1.165, 1.54) is 0 Å². The molecule has 0 aliphatic heterocycles. The molecule has 0 unspecified atom stereocenters. The monoisotopic (exact) mass is 256 g/mol. The summed E-state index contributed by atoms with van der Waals surface area (Å²) in [6.07, 6.45) is 8.17. The largest absolute Gasteiger partial charge is 0.352 e. The number of hydrogen-bond donors (Lipinski definition) is 1. The molecule has 0 fully saturated rings. The lowest BCUT2D eigenvalue weighted by atomic mass is 10.2. The Hall–Kier alpha value is -2.30. The molecule has 0 saturated carbocycles. The molecule has 2 aromatic heterocycles. The van der Waals surface area contributed by atoms with Gasteiger partial charge in [0.25, 0.3) is 5.91 Å². The van der Waals surface area contributed by atoms with Gasteiger partial charge in [-0.25, -0.2) is 9.97 Å². The molecule has 0 bridgehead atoms. The molecule has 0 saturated heterocycles. The number of carbonyl (C=O) groups excluding carboxylic acids is 1. The van der Waals surface area contributed by atoms with E-state index in [2.05, 4.69) is 20.3 Å². The zero-order valence-corrected chi connectivity index (χ0v) is 10.8. The van der Waals surface area contributed by atoms with Gasteiger partial charge in [0, 0.05) is 37.8 Å². The van der Waals surface area contributed by atoms with Crippen LogP contribution in [0.1, 0.15) is 28.7 Å². The normalized spacial score (nSPS) is 10.2. The Balaban J connectivity index is 1.84. The number of nitrogens with zero attached hydrogens (tertiary/aromatic N) is 3. The molecule has 0 aliphatic carbocycles. The van der Waals surface area contributed by atoms with Gasteiger partial charge in [0.05, 0.1) is 5.56 Å². The summed E-state index contributed by atoms with van der Waals surface area (Å²) in [5.74, 6) is 0.596. The average molecular weight is 256 g/mol. The SMILES string of the molecule is CCc1ncc(C(=O)NCCc2cccnc2)cn1. The molecule has 0 aromatic carbocycles. The van der Waals surface area contributed by atoms with Crippen LogP contribution in [0, 0.1) is 0 Å². The standard InChI is InChI=1S/C14H16N4O/c1-2-13-17-9-12(10-18-13)14(19)16-7-5-11-4-3-6-15-8-11/h3-4,6,8-10H,2,5,7H2,1H3,(H,16,19). The van der Waals surface area contributed by atoms with Crippen LogP contribution in [-0.4, -0.2) is 27.4 Å². The minimum Gasteiger partial charge on any atom is -0.352 e. The molecule has 0 aliphatic rings. The van der Waals surface area contributed by atoms with E-state index in [0.717, 1.165) is 24.2 Å². The van der Waals surface area contributed by atoms with Crippen LogP contribution in [0.15, 0.2) is 36.9 Å². The van der Waals surface area contributed by atoms with Gasteiger partial charge in [-0.05, 0) is 18.1 Å². The van der Waals surface area contributed by atoms with Crippen molar-refractivity contribution in [2.45, 2.75) is 19.8 Å². The second-order valence-electron chi connectivity index (χ2n) is 4.11. The van der Waals surface area contributed by atoms with Crippen molar-refractivity contribution >= 4 is 5.91 Å². The third-order valence-corrected chi connectivity index (χ3v) is 2.71. The van der Waals surface area contributed by atoms with Crippen molar-refractivity contribution in [1.29, 1.82) is 0 Å². The first-order valence-electron chi connectivity index (χ1n) is 6.27. The van der Waals surface area contributed by atoms with Gasteiger partial charge in [-0.15, -0.1) is 0 Å². The molecule has 0 atom stereocenters. The molecule has 5 heteroatoms. The van der Waals surface area contributed by atoms with Gasteiger partial charge in [0.2, 0.25) is 0 Å². The highest BCUT2D eigenvalue weighted by Crippen LogP contribution is 1.98. The van der Waals surface area contributed by atoms with Gasteiger partial charge in [0.1, 0.15) is 5.82 Å². The molecule has 2 rings (SSSR count). The lowest BCUT2D eigenvalue weighted by Gasteiger charge is -2.05. The molecule has 5 nitrogen and oxygen atoms in total. The molecule has 1 N–H and O–H groups in total. The van der Waals surface area contributed by atoms with E-state index in [1.54, 1.807) is 24.8 Å². The summed E-state index contributed by atoms with van der Waals surface area (Å²) >= 11 is 0. The van der Waals surface area contributed by atoms with Crippen LogP contribution in [0.5, 0.6) is 0 Å². The average Bonchev–Trinajstić information content (AvgIpc) is 2.48. The fraction of sp³-hybridized carbons (Fsp3) is 0.286. The highest BCUT2D eigenvalue weighted by molar-refractivity contribution is 5.93. The number of aryl methyl sites for hydroxylation is 1. The fourth-order valence-corrected chi connectivity index (χ4v) is 1.62. The molecular weight excluding hydrogens is 240 g/mol. The number of pyridine rings is 1. The van der Waals surface area contributed by atoms with Crippen LogP contribution in [-0.2, 0) is 12.8 Å². The van der Waals surface area contributed by atoms with Gasteiger partial charge in [-0.1, -0.05) is 13.0 Å². The summed E-state index contributed by atoms with van der Waals surface area (Å²) in [6.45, 7) is 2.54. The quantitative estimate of drug-likeness (QED) is 0.878. The highest BCUT2D eigenvalue weighted by Gasteiger charge is 2.06. The van der Waals surface area contributed by atoms with Crippen LogP contribution >= 0.6 is 0 Å². The van der Waals surface area contributed by atoms with Crippen molar-refractivity contribution < 1.29 is 4.79 Å². The van der Waals surface area contributed by atoms with Crippen molar-refractivity contribution in [2.24, 2.45) is 0 Å². The maximum atomic E-state index is 11.8. The van der Waals surface area contributed by atoms with E-state index < -0.39 is 0 Å². The fourth-order valence-electron chi connectivity index (χ4n) is 1.62. The summed E-state index contributed by atoms with van der Waals surface area (Å²) in [4.78, 5) is 24.1. The Labute approximate surface area is 112 Å². The Morgan fingerprint density at radius 2 is 2.05 bits per heavy atom. The van der Waals surface area contributed by atoms with Gasteiger partial charge < -0.3 is 5.32 Å². The lowest BCUT2D eigenvalue weighted by Crippen LogP contribution is -2.26. The summed E-state index contributed by atoms with van der Waals surface area (Å²) in [5.41, 5.74) is 1.59. The third-order valence-electron chi connectivity index (χ3n) is 2.71. The van der Waals surface area contributed by atoms with Crippen LogP contribution in [0.3, 0.4) is 0 Å². The number of amides is 1. The molecule has 0 spiro atoms. The van der Waals surface area contributed by atoms with Crippen LogP contribution < -0.4 is 5.32 Å². The van der Waals surface area contributed by atoms with Gasteiger partial charge >= 0.3 is 0 Å². The van der Waals surface area contributed by atoms with Crippen molar-refractivity contribution in [1.82, 2.24) is 20.3 Å². The number of rotatable bonds is 5. The number of aromatic nitrogens is 3. The minimum absolute atomic E-state index is 0.147. The number of carbonyl (C=O) groups is 1. The zero-order chi connectivity index (χ0) is 13.5. The van der Waals surface area contributed by atoms with E-state index in [0.29, 0.717) is 12.1 Å².